The van der Waals surface area contributed by atoms with Crippen molar-refractivity contribution < 1.29 is 17.9 Å². The van der Waals surface area contributed by atoms with E-state index in [1.54, 1.807) is 18.2 Å². The number of nitrogens with zero attached hydrogens (tertiary/aromatic N) is 2. The summed E-state index contributed by atoms with van der Waals surface area (Å²) in [7, 11) is -3.72. The summed E-state index contributed by atoms with van der Waals surface area (Å²) in [6.45, 7) is 5.13. The second-order valence-electron chi connectivity index (χ2n) is 6.15. The van der Waals surface area contributed by atoms with Crippen LogP contribution in [0.5, 0.6) is 5.75 Å². The minimum Gasteiger partial charge on any atom is -0.492 e. The molecule has 0 saturated carbocycles. The van der Waals surface area contributed by atoms with Gasteiger partial charge in [0.05, 0.1) is 16.2 Å². The number of amides is 1. The molecule has 0 atom stereocenters. The normalized spacial score (nSPS) is 12.4. The molecule has 0 saturated heterocycles. The molecule has 148 valence electrons. The van der Waals surface area contributed by atoms with Crippen LogP contribution in [-0.2, 0) is 21.2 Å². The Morgan fingerprint density at radius 3 is 2.54 bits per heavy atom. The molecule has 3 rings (SSSR count). The molecule has 0 aliphatic heterocycles. The maximum atomic E-state index is 12.5. The molecule has 0 N–H and O–H groups in total. The molecule has 2 aromatic carbocycles. The first kappa shape index (κ1) is 20.3. The molecule has 3 aromatic rings. The Morgan fingerprint density at radius 1 is 1.11 bits per heavy atom. The zero-order valence-electron chi connectivity index (χ0n) is 15.8. The Bertz CT molecular complexity index is 1150. The zero-order valence-corrected chi connectivity index (χ0v) is 17.4. The minimum atomic E-state index is -3.72. The van der Waals surface area contributed by atoms with Crippen molar-refractivity contribution in [1.29, 1.82) is 0 Å². The van der Waals surface area contributed by atoms with Gasteiger partial charge in [0.25, 0.3) is 5.91 Å². The highest BCUT2D eigenvalue weighted by Gasteiger charge is 2.19. The Labute approximate surface area is 168 Å². The van der Waals surface area contributed by atoms with Crippen molar-refractivity contribution in [3.8, 4) is 5.75 Å². The van der Waals surface area contributed by atoms with E-state index in [2.05, 4.69) is 4.99 Å². The molecule has 0 unspecified atom stereocenters. The van der Waals surface area contributed by atoms with Gasteiger partial charge in [-0.2, -0.15) is 4.99 Å². The van der Waals surface area contributed by atoms with Crippen LogP contribution in [0.3, 0.4) is 0 Å². The van der Waals surface area contributed by atoms with E-state index in [-0.39, 0.29) is 4.90 Å². The second kappa shape index (κ2) is 8.70. The number of sulfone groups is 1. The predicted molar refractivity (Wildman–Crippen MR) is 110 cm³/mol. The van der Waals surface area contributed by atoms with Crippen LogP contribution in [0.1, 0.15) is 20.3 Å². The maximum absolute atomic E-state index is 12.5. The molecule has 1 amide bonds. The molecular weight excluding hydrogens is 396 g/mol. The number of carbonyl (C=O) groups excluding carboxylic acids is 1. The standard InChI is InChI=1S/C20H22N2O4S2/c1-3-13-22-19-16(26-4-2)11-8-12-17(19)27-20(22)21-18(23)14-28(24,25)15-9-6-5-7-10-15/h5-12H,3-4,13-14H2,1-2H3. The summed E-state index contributed by atoms with van der Waals surface area (Å²) in [4.78, 5) is 17.2. The van der Waals surface area contributed by atoms with Gasteiger partial charge in [0, 0.05) is 6.54 Å². The number of hydrogen-bond donors (Lipinski definition) is 0. The second-order valence-corrected chi connectivity index (χ2v) is 9.15. The number of benzene rings is 2. The van der Waals surface area contributed by atoms with Gasteiger partial charge in [0.15, 0.2) is 14.6 Å². The smallest absolute Gasteiger partial charge is 0.263 e. The van der Waals surface area contributed by atoms with E-state index in [1.165, 1.54) is 23.5 Å². The van der Waals surface area contributed by atoms with Crippen LogP contribution in [-0.4, -0.2) is 31.3 Å². The van der Waals surface area contributed by atoms with E-state index in [0.717, 1.165) is 22.4 Å². The van der Waals surface area contributed by atoms with Crippen molar-refractivity contribution in [1.82, 2.24) is 4.57 Å². The number of ether oxygens (including phenoxy) is 1. The number of hydrogen-bond acceptors (Lipinski definition) is 5. The highest BCUT2D eigenvalue weighted by molar-refractivity contribution is 7.92. The van der Waals surface area contributed by atoms with Gasteiger partial charge < -0.3 is 9.30 Å². The molecule has 28 heavy (non-hydrogen) atoms. The third-order valence-electron chi connectivity index (χ3n) is 4.05. The van der Waals surface area contributed by atoms with E-state index < -0.39 is 21.5 Å². The summed E-state index contributed by atoms with van der Waals surface area (Å²) in [5.41, 5.74) is 0.883. The fraction of sp³-hybridized carbons (Fsp3) is 0.300. The average molecular weight is 419 g/mol. The lowest BCUT2D eigenvalue weighted by molar-refractivity contribution is -0.115. The third kappa shape index (κ3) is 4.34. The number of para-hydroxylation sites is 1. The fourth-order valence-electron chi connectivity index (χ4n) is 2.90. The zero-order chi connectivity index (χ0) is 20.1. The van der Waals surface area contributed by atoms with Gasteiger partial charge in [0.1, 0.15) is 17.0 Å². The number of fused-ring (bicyclic) bond motifs is 1. The van der Waals surface area contributed by atoms with Gasteiger partial charge in [-0.05, 0) is 37.6 Å². The van der Waals surface area contributed by atoms with Crippen molar-refractivity contribution in [3.63, 3.8) is 0 Å². The van der Waals surface area contributed by atoms with Crippen molar-refractivity contribution >= 4 is 37.3 Å². The van der Waals surface area contributed by atoms with E-state index in [1.807, 2.05) is 36.6 Å². The Balaban J connectivity index is 2.02. The number of rotatable bonds is 7. The van der Waals surface area contributed by atoms with E-state index in [4.69, 9.17) is 4.74 Å². The largest absolute Gasteiger partial charge is 0.492 e. The Kier molecular flexibility index (Phi) is 6.31. The van der Waals surface area contributed by atoms with Crippen LogP contribution >= 0.6 is 11.3 Å². The highest BCUT2D eigenvalue weighted by atomic mass is 32.2. The molecule has 0 aliphatic rings. The van der Waals surface area contributed by atoms with Gasteiger partial charge in [-0.1, -0.05) is 42.5 Å². The summed E-state index contributed by atoms with van der Waals surface area (Å²) in [5.74, 6) is -0.607. The van der Waals surface area contributed by atoms with Crippen LogP contribution in [0, 0.1) is 0 Å². The van der Waals surface area contributed by atoms with E-state index >= 15 is 0 Å². The lowest BCUT2D eigenvalue weighted by atomic mass is 10.3. The lowest BCUT2D eigenvalue weighted by Gasteiger charge is -2.08. The van der Waals surface area contributed by atoms with Gasteiger partial charge >= 0.3 is 0 Å². The van der Waals surface area contributed by atoms with E-state index in [9.17, 15) is 13.2 Å². The molecule has 6 nitrogen and oxygen atoms in total. The Hall–Kier alpha value is -2.45. The molecule has 8 heteroatoms. The molecule has 0 fully saturated rings. The number of carbonyl (C=O) groups is 1. The minimum absolute atomic E-state index is 0.120. The third-order valence-corrected chi connectivity index (χ3v) is 6.71. The summed E-state index contributed by atoms with van der Waals surface area (Å²) in [6.07, 6.45) is 0.843. The first-order valence-corrected chi connectivity index (χ1v) is 11.5. The van der Waals surface area contributed by atoms with Crippen LogP contribution in [0.2, 0.25) is 0 Å². The van der Waals surface area contributed by atoms with Gasteiger partial charge in [-0.3, -0.25) is 4.79 Å². The van der Waals surface area contributed by atoms with Gasteiger partial charge in [-0.25, -0.2) is 8.42 Å². The van der Waals surface area contributed by atoms with Gasteiger partial charge in [0.2, 0.25) is 0 Å². The Morgan fingerprint density at radius 2 is 1.86 bits per heavy atom. The van der Waals surface area contributed by atoms with Crippen molar-refractivity contribution in [3.05, 3.63) is 53.3 Å². The predicted octanol–water partition coefficient (Wildman–Crippen LogP) is 3.41. The summed E-state index contributed by atoms with van der Waals surface area (Å²) >= 11 is 1.35. The topological polar surface area (TPSA) is 77.7 Å². The molecule has 1 aromatic heterocycles. The SMILES string of the molecule is CCCn1c(=NC(=O)CS(=O)(=O)c2ccccc2)sc2cccc(OCC)c21. The molecule has 0 radical (unpaired) electrons. The van der Waals surface area contributed by atoms with E-state index in [0.29, 0.717) is 18.0 Å². The first-order valence-electron chi connectivity index (χ1n) is 9.06. The molecule has 0 spiro atoms. The quantitative estimate of drug-likeness (QED) is 0.589. The fourth-order valence-corrected chi connectivity index (χ4v) is 5.12. The highest BCUT2D eigenvalue weighted by Crippen LogP contribution is 2.27. The summed E-state index contributed by atoms with van der Waals surface area (Å²) < 4.78 is 33.5. The monoisotopic (exact) mass is 418 g/mol. The average Bonchev–Trinajstić information content (AvgIpc) is 3.00. The maximum Gasteiger partial charge on any atom is 0.263 e. The number of aromatic nitrogens is 1. The van der Waals surface area contributed by atoms with Crippen molar-refractivity contribution in [2.45, 2.75) is 31.7 Å². The van der Waals surface area contributed by atoms with Crippen LogP contribution in [0.15, 0.2) is 58.4 Å². The number of aryl methyl sites for hydroxylation is 1. The van der Waals surface area contributed by atoms with Crippen LogP contribution in [0.4, 0.5) is 0 Å². The molecule has 0 bridgehead atoms. The summed E-state index contributed by atoms with van der Waals surface area (Å²) in [5, 5.41) is 0. The van der Waals surface area contributed by atoms with Gasteiger partial charge in [-0.15, -0.1) is 0 Å². The molecule has 0 aliphatic carbocycles. The molecular formula is C20H22N2O4S2. The van der Waals surface area contributed by atoms with Crippen molar-refractivity contribution in [2.24, 2.45) is 4.99 Å². The lowest BCUT2D eigenvalue weighted by Crippen LogP contribution is -2.21. The van der Waals surface area contributed by atoms with Crippen molar-refractivity contribution in [2.75, 3.05) is 12.4 Å². The first-order chi connectivity index (χ1) is 13.5. The molecule has 1 heterocycles. The van der Waals surface area contributed by atoms with Crippen LogP contribution in [0.25, 0.3) is 10.2 Å². The van der Waals surface area contributed by atoms with Crippen LogP contribution < -0.4 is 9.54 Å². The number of thiazole rings is 1. The summed E-state index contributed by atoms with van der Waals surface area (Å²) in [6, 6.07) is 13.7.